The minimum atomic E-state index is -0.751. The average Bonchev–Trinajstić information content (AvgIpc) is 2.58. The molecule has 0 aliphatic carbocycles. The second-order valence-corrected chi connectivity index (χ2v) is 4.50. The lowest BCUT2D eigenvalue weighted by Gasteiger charge is -2.13. The summed E-state index contributed by atoms with van der Waals surface area (Å²) in [6, 6.07) is 6.63. The number of hydrogen-bond donors (Lipinski definition) is 2. The molecule has 0 bridgehead atoms. The summed E-state index contributed by atoms with van der Waals surface area (Å²) >= 11 is 0. The third-order valence-electron chi connectivity index (χ3n) is 2.85. The Kier molecular flexibility index (Phi) is 7.32. The van der Waals surface area contributed by atoms with Crippen molar-refractivity contribution in [3.8, 4) is 0 Å². The molecule has 23 heavy (non-hydrogen) atoms. The molecule has 0 saturated heterocycles. The van der Waals surface area contributed by atoms with Gasteiger partial charge in [-0.25, -0.2) is 9.59 Å². The van der Waals surface area contributed by atoms with E-state index in [0.29, 0.717) is 17.8 Å². The van der Waals surface area contributed by atoms with Crippen LogP contribution in [0.25, 0.3) is 0 Å². The predicted molar refractivity (Wildman–Crippen MR) is 84.8 cm³/mol. The van der Waals surface area contributed by atoms with Crippen molar-refractivity contribution in [2.24, 2.45) is 0 Å². The van der Waals surface area contributed by atoms with Gasteiger partial charge < -0.3 is 20.1 Å². The average molecular weight is 320 g/mol. The molecule has 7 nitrogen and oxygen atoms in total. The molecule has 0 heterocycles. The Labute approximate surface area is 134 Å². The number of carbonyl (C=O) groups excluding carboxylic acids is 3. The van der Waals surface area contributed by atoms with E-state index in [4.69, 9.17) is 0 Å². The van der Waals surface area contributed by atoms with Crippen LogP contribution < -0.4 is 10.6 Å². The molecule has 7 heteroatoms. The van der Waals surface area contributed by atoms with E-state index < -0.39 is 11.9 Å². The maximum absolute atomic E-state index is 12.1. The lowest BCUT2D eigenvalue weighted by atomic mass is 10.1. The van der Waals surface area contributed by atoms with Crippen LogP contribution in [0.15, 0.2) is 36.0 Å². The summed E-state index contributed by atoms with van der Waals surface area (Å²) in [5.74, 6) is -1.75. The largest absolute Gasteiger partial charge is 0.466 e. The molecule has 0 aliphatic rings. The summed E-state index contributed by atoms with van der Waals surface area (Å²) in [6.07, 6.45) is 1.77. The quantitative estimate of drug-likeness (QED) is 0.584. The fraction of sp³-hybridized carbons (Fsp3) is 0.312. The van der Waals surface area contributed by atoms with Crippen LogP contribution in [-0.4, -0.2) is 38.6 Å². The highest BCUT2D eigenvalue weighted by Gasteiger charge is 2.16. The summed E-state index contributed by atoms with van der Waals surface area (Å²) in [6.45, 7) is 2.48. The highest BCUT2D eigenvalue weighted by Crippen LogP contribution is 2.17. The molecule has 0 aliphatic heterocycles. The molecule has 0 spiro atoms. The number of esters is 2. The molecule has 0 saturated carbocycles. The Morgan fingerprint density at radius 1 is 1.13 bits per heavy atom. The van der Waals surface area contributed by atoms with Crippen LogP contribution in [0.2, 0.25) is 0 Å². The van der Waals surface area contributed by atoms with Crippen molar-refractivity contribution in [2.45, 2.75) is 13.3 Å². The van der Waals surface area contributed by atoms with E-state index in [1.807, 2.05) is 6.92 Å². The molecular formula is C16H20N2O5. The van der Waals surface area contributed by atoms with Gasteiger partial charge in [0.05, 0.1) is 31.5 Å². The van der Waals surface area contributed by atoms with Crippen molar-refractivity contribution in [1.82, 2.24) is 5.32 Å². The third-order valence-corrected chi connectivity index (χ3v) is 2.85. The van der Waals surface area contributed by atoms with Gasteiger partial charge in [-0.05, 0) is 18.6 Å². The SMILES string of the molecule is CCCNC(=O)c1ccccc1N/C(=C/C(=O)OC)C(=O)OC. The van der Waals surface area contributed by atoms with Crippen LogP contribution in [0.4, 0.5) is 5.69 Å². The number of anilines is 1. The van der Waals surface area contributed by atoms with Gasteiger partial charge in [-0.15, -0.1) is 0 Å². The Balaban J connectivity index is 3.09. The zero-order valence-corrected chi connectivity index (χ0v) is 13.3. The Morgan fingerprint density at radius 2 is 1.83 bits per heavy atom. The van der Waals surface area contributed by atoms with Crippen molar-refractivity contribution < 1.29 is 23.9 Å². The van der Waals surface area contributed by atoms with E-state index in [2.05, 4.69) is 20.1 Å². The summed E-state index contributed by atoms with van der Waals surface area (Å²) in [5, 5.41) is 5.50. The van der Waals surface area contributed by atoms with Gasteiger partial charge in [0.1, 0.15) is 5.70 Å². The lowest BCUT2D eigenvalue weighted by molar-refractivity contribution is -0.138. The molecular weight excluding hydrogens is 300 g/mol. The lowest BCUT2D eigenvalue weighted by Crippen LogP contribution is -2.25. The van der Waals surface area contributed by atoms with Gasteiger partial charge in [-0.2, -0.15) is 0 Å². The molecule has 0 atom stereocenters. The molecule has 1 aromatic carbocycles. The van der Waals surface area contributed by atoms with Crippen molar-refractivity contribution in [1.29, 1.82) is 0 Å². The van der Waals surface area contributed by atoms with Crippen molar-refractivity contribution >= 4 is 23.5 Å². The minimum absolute atomic E-state index is 0.130. The van der Waals surface area contributed by atoms with Gasteiger partial charge >= 0.3 is 11.9 Å². The van der Waals surface area contributed by atoms with Gasteiger partial charge in [-0.3, -0.25) is 4.79 Å². The fourth-order valence-corrected chi connectivity index (χ4v) is 1.70. The number of nitrogens with one attached hydrogen (secondary N) is 2. The first kappa shape index (κ1) is 18.2. The maximum atomic E-state index is 12.1. The molecule has 0 radical (unpaired) electrons. The van der Waals surface area contributed by atoms with Gasteiger partial charge in [0, 0.05) is 6.54 Å². The number of ether oxygens (including phenoxy) is 2. The van der Waals surface area contributed by atoms with Crippen LogP contribution in [0, 0.1) is 0 Å². The molecule has 0 fully saturated rings. The Bertz CT molecular complexity index is 610. The van der Waals surface area contributed by atoms with Crippen molar-refractivity contribution in [3.63, 3.8) is 0 Å². The maximum Gasteiger partial charge on any atom is 0.354 e. The smallest absolute Gasteiger partial charge is 0.354 e. The van der Waals surface area contributed by atoms with Gasteiger partial charge in [-0.1, -0.05) is 19.1 Å². The second kappa shape index (κ2) is 9.24. The number of hydrogen-bond acceptors (Lipinski definition) is 6. The molecule has 124 valence electrons. The van der Waals surface area contributed by atoms with E-state index in [-0.39, 0.29) is 11.6 Å². The van der Waals surface area contributed by atoms with Crippen molar-refractivity contribution in [2.75, 3.05) is 26.1 Å². The van der Waals surface area contributed by atoms with E-state index >= 15 is 0 Å². The zero-order chi connectivity index (χ0) is 17.2. The van der Waals surface area contributed by atoms with Gasteiger partial charge in [0.15, 0.2) is 0 Å². The molecule has 2 N–H and O–H groups in total. The van der Waals surface area contributed by atoms with E-state index in [1.165, 1.54) is 14.2 Å². The first-order chi connectivity index (χ1) is 11.0. The molecule has 0 unspecified atom stereocenters. The van der Waals surface area contributed by atoms with Crippen LogP contribution >= 0.6 is 0 Å². The predicted octanol–water partition coefficient (Wildman–Crippen LogP) is 1.47. The Morgan fingerprint density at radius 3 is 2.43 bits per heavy atom. The number of benzene rings is 1. The van der Waals surface area contributed by atoms with Crippen LogP contribution in [0.5, 0.6) is 0 Å². The van der Waals surface area contributed by atoms with Crippen LogP contribution in [0.1, 0.15) is 23.7 Å². The number of rotatable bonds is 7. The fourth-order valence-electron chi connectivity index (χ4n) is 1.70. The molecule has 1 amide bonds. The zero-order valence-electron chi connectivity index (χ0n) is 13.3. The number of para-hydroxylation sites is 1. The first-order valence-corrected chi connectivity index (χ1v) is 7.05. The highest BCUT2D eigenvalue weighted by molar-refractivity contribution is 6.03. The Hall–Kier alpha value is -2.83. The second-order valence-electron chi connectivity index (χ2n) is 4.50. The van der Waals surface area contributed by atoms with E-state index in [0.717, 1.165) is 12.5 Å². The highest BCUT2D eigenvalue weighted by atomic mass is 16.5. The summed E-state index contributed by atoms with van der Waals surface area (Å²) in [7, 11) is 2.38. The van der Waals surface area contributed by atoms with E-state index in [9.17, 15) is 14.4 Å². The van der Waals surface area contributed by atoms with E-state index in [1.54, 1.807) is 24.3 Å². The molecule has 0 aromatic heterocycles. The summed E-state index contributed by atoms with van der Waals surface area (Å²) < 4.78 is 9.12. The van der Waals surface area contributed by atoms with Gasteiger partial charge in [0.2, 0.25) is 0 Å². The third kappa shape index (κ3) is 5.46. The number of methoxy groups -OCH3 is 2. The monoisotopic (exact) mass is 320 g/mol. The summed E-state index contributed by atoms with van der Waals surface area (Å²) in [4.78, 5) is 35.3. The van der Waals surface area contributed by atoms with Crippen LogP contribution in [-0.2, 0) is 19.1 Å². The first-order valence-electron chi connectivity index (χ1n) is 7.05. The van der Waals surface area contributed by atoms with Crippen molar-refractivity contribution in [3.05, 3.63) is 41.6 Å². The number of carbonyl (C=O) groups is 3. The van der Waals surface area contributed by atoms with Gasteiger partial charge in [0.25, 0.3) is 5.91 Å². The topological polar surface area (TPSA) is 93.7 Å². The minimum Gasteiger partial charge on any atom is -0.466 e. The molecule has 1 aromatic rings. The van der Waals surface area contributed by atoms with Crippen LogP contribution in [0.3, 0.4) is 0 Å². The standard InChI is InChI=1S/C16H20N2O5/c1-4-9-17-15(20)11-7-5-6-8-12(11)18-13(16(21)23-3)10-14(19)22-2/h5-8,10,18H,4,9H2,1-3H3,(H,17,20)/b13-10+. The molecule has 1 rings (SSSR count). The normalized spacial score (nSPS) is 10.7. The summed E-state index contributed by atoms with van der Waals surface area (Å²) in [5.41, 5.74) is 0.595. The number of amides is 1.